The van der Waals surface area contributed by atoms with Gasteiger partial charge in [-0.15, -0.1) is 0 Å². The number of aromatic nitrogens is 2. The number of nitrogens with one attached hydrogen (secondary N) is 1. The lowest BCUT2D eigenvalue weighted by Crippen LogP contribution is -2.05. The molecule has 0 aromatic carbocycles. The van der Waals surface area contributed by atoms with Crippen LogP contribution < -0.4 is 10.2 Å². The van der Waals surface area contributed by atoms with E-state index in [2.05, 4.69) is 9.97 Å². The van der Waals surface area contributed by atoms with Crippen molar-refractivity contribution in [1.29, 1.82) is 0 Å². The maximum Gasteiger partial charge on any atom is 0.222 e. The Labute approximate surface area is 71.2 Å². The Morgan fingerprint density at radius 3 is 3.17 bits per heavy atom. The number of aromatic amines is 1. The van der Waals surface area contributed by atoms with Gasteiger partial charge in [-0.05, 0) is 11.5 Å². The minimum atomic E-state index is 0.678. The molecule has 0 aliphatic rings. The highest BCUT2D eigenvalue weighted by Crippen LogP contribution is 2.18. The second-order valence-electron chi connectivity index (χ2n) is 2.72. The Bertz CT molecular complexity index is 410. The van der Waals surface area contributed by atoms with Gasteiger partial charge in [0.2, 0.25) is 5.88 Å². The molecule has 0 unspecified atom stereocenters. The molecule has 0 amide bonds. The first-order valence-electron chi connectivity index (χ1n) is 3.79. The van der Waals surface area contributed by atoms with Crippen molar-refractivity contribution in [2.45, 2.75) is 0 Å². The highest BCUT2D eigenvalue weighted by Gasteiger charge is 2.04. The SMILES string of the molecule is Bc1cnc(OC)c2cc[nH]c12. The molecule has 4 heteroatoms. The lowest BCUT2D eigenvalue weighted by Gasteiger charge is -2.01. The van der Waals surface area contributed by atoms with Crippen LogP contribution in [0.5, 0.6) is 5.88 Å². The van der Waals surface area contributed by atoms with Gasteiger partial charge in [-0.3, -0.25) is 0 Å². The molecule has 0 fully saturated rings. The van der Waals surface area contributed by atoms with Crippen LogP contribution in [0.3, 0.4) is 0 Å². The summed E-state index contributed by atoms with van der Waals surface area (Å²) in [5.41, 5.74) is 2.23. The molecule has 3 nitrogen and oxygen atoms in total. The van der Waals surface area contributed by atoms with Crippen molar-refractivity contribution in [3.63, 3.8) is 0 Å². The standard InChI is InChI=1S/C8H9BN2O/c1-12-8-5-2-3-10-7(5)6(9)4-11-8/h2-4,10H,9H2,1H3. The van der Waals surface area contributed by atoms with Crippen LogP contribution in [0, 0.1) is 0 Å². The summed E-state index contributed by atoms with van der Waals surface area (Å²) in [6.45, 7) is 0. The Balaban J connectivity index is 2.82. The van der Waals surface area contributed by atoms with E-state index in [1.807, 2.05) is 20.1 Å². The van der Waals surface area contributed by atoms with Gasteiger partial charge in [0.15, 0.2) is 0 Å². The van der Waals surface area contributed by atoms with Crippen LogP contribution >= 0.6 is 0 Å². The van der Waals surface area contributed by atoms with Gasteiger partial charge in [0.05, 0.1) is 12.5 Å². The predicted octanol–water partition coefficient (Wildman–Crippen LogP) is -0.170. The molecule has 1 N–H and O–H groups in total. The second-order valence-corrected chi connectivity index (χ2v) is 2.72. The van der Waals surface area contributed by atoms with Crippen molar-refractivity contribution in [1.82, 2.24) is 9.97 Å². The van der Waals surface area contributed by atoms with Crippen molar-refractivity contribution < 1.29 is 4.74 Å². The summed E-state index contributed by atoms with van der Waals surface area (Å²) in [6, 6.07) is 1.97. The molecule has 0 bridgehead atoms. The topological polar surface area (TPSA) is 37.9 Å². The van der Waals surface area contributed by atoms with E-state index in [1.54, 1.807) is 13.3 Å². The molecule has 12 heavy (non-hydrogen) atoms. The zero-order chi connectivity index (χ0) is 8.55. The van der Waals surface area contributed by atoms with E-state index in [9.17, 15) is 0 Å². The Morgan fingerprint density at radius 1 is 1.58 bits per heavy atom. The summed E-state index contributed by atoms with van der Waals surface area (Å²) >= 11 is 0. The number of hydrogen-bond donors (Lipinski definition) is 1. The number of methoxy groups -OCH3 is 1. The fourth-order valence-electron chi connectivity index (χ4n) is 1.33. The lowest BCUT2D eigenvalue weighted by atomic mass is 9.97. The number of ether oxygens (including phenoxy) is 1. The molecular formula is C8H9BN2O. The summed E-state index contributed by atoms with van der Waals surface area (Å²) in [7, 11) is 3.65. The van der Waals surface area contributed by atoms with Gasteiger partial charge in [-0.1, -0.05) is 0 Å². The molecule has 0 atom stereocenters. The van der Waals surface area contributed by atoms with Crippen molar-refractivity contribution >= 4 is 24.2 Å². The summed E-state index contributed by atoms with van der Waals surface area (Å²) in [6.07, 6.45) is 3.69. The normalized spacial score (nSPS) is 10.4. The first kappa shape index (κ1) is 7.22. The average molecular weight is 160 g/mol. The molecule has 0 aliphatic carbocycles. The molecule has 2 aromatic rings. The molecular weight excluding hydrogens is 151 g/mol. The number of rotatable bonds is 1. The summed E-state index contributed by atoms with van der Waals surface area (Å²) < 4.78 is 5.11. The van der Waals surface area contributed by atoms with Crippen molar-refractivity contribution in [2.75, 3.05) is 7.11 Å². The minimum Gasteiger partial charge on any atom is -0.481 e. The smallest absolute Gasteiger partial charge is 0.222 e. The summed E-state index contributed by atoms with van der Waals surface area (Å²) in [5, 5.41) is 1.04. The van der Waals surface area contributed by atoms with Crippen LogP contribution in [0.1, 0.15) is 0 Å². The van der Waals surface area contributed by atoms with Crippen molar-refractivity contribution in [3.05, 3.63) is 18.5 Å². The second kappa shape index (κ2) is 2.55. The van der Waals surface area contributed by atoms with Gasteiger partial charge in [-0.25, -0.2) is 4.98 Å². The van der Waals surface area contributed by atoms with Gasteiger partial charge < -0.3 is 9.72 Å². The molecule has 0 saturated carbocycles. The van der Waals surface area contributed by atoms with Crippen LogP contribution in [0.15, 0.2) is 18.5 Å². The molecule has 2 heterocycles. The number of hydrogen-bond acceptors (Lipinski definition) is 2. The number of pyridine rings is 1. The molecule has 2 aromatic heterocycles. The van der Waals surface area contributed by atoms with Gasteiger partial charge in [0.25, 0.3) is 0 Å². The third kappa shape index (κ3) is 0.880. The van der Waals surface area contributed by atoms with E-state index < -0.39 is 0 Å². The molecule has 0 aliphatic heterocycles. The number of fused-ring (bicyclic) bond motifs is 1. The van der Waals surface area contributed by atoms with E-state index >= 15 is 0 Å². The maximum atomic E-state index is 5.11. The molecule has 2 rings (SSSR count). The third-order valence-corrected chi connectivity index (χ3v) is 1.94. The van der Waals surface area contributed by atoms with Crippen molar-refractivity contribution in [3.8, 4) is 5.88 Å². The highest BCUT2D eigenvalue weighted by molar-refractivity contribution is 6.38. The Morgan fingerprint density at radius 2 is 2.42 bits per heavy atom. The summed E-state index contributed by atoms with van der Waals surface area (Å²) in [4.78, 5) is 7.30. The Kier molecular flexibility index (Phi) is 1.53. The predicted molar refractivity (Wildman–Crippen MR) is 50.8 cm³/mol. The monoisotopic (exact) mass is 160 g/mol. The van der Waals surface area contributed by atoms with Gasteiger partial charge in [0, 0.05) is 17.9 Å². The van der Waals surface area contributed by atoms with Crippen LogP contribution in [0.4, 0.5) is 0 Å². The minimum absolute atomic E-state index is 0.678. The molecule has 0 saturated heterocycles. The zero-order valence-corrected chi connectivity index (χ0v) is 7.09. The fourth-order valence-corrected chi connectivity index (χ4v) is 1.33. The van der Waals surface area contributed by atoms with Crippen LogP contribution in [0.2, 0.25) is 0 Å². The highest BCUT2D eigenvalue weighted by atomic mass is 16.5. The summed E-state index contributed by atoms with van der Waals surface area (Å²) in [5.74, 6) is 0.678. The van der Waals surface area contributed by atoms with Crippen LogP contribution in [-0.4, -0.2) is 24.9 Å². The van der Waals surface area contributed by atoms with E-state index in [0.29, 0.717) is 5.88 Å². The first-order chi connectivity index (χ1) is 5.83. The fraction of sp³-hybridized carbons (Fsp3) is 0.125. The van der Waals surface area contributed by atoms with E-state index in [-0.39, 0.29) is 0 Å². The molecule has 0 spiro atoms. The Hall–Kier alpha value is -1.45. The molecule has 60 valence electrons. The van der Waals surface area contributed by atoms with E-state index in [0.717, 1.165) is 16.4 Å². The zero-order valence-electron chi connectivity index (χ0n) is 7.09. The number of nitrogens with zero attached hydrogens (tertiary/aromatic N) is 1. The van der Waals surface area contributed by atoms with Crippen molar-refractivity contribution in [2.24, 2.45) is 0 Å². The maximum absolute atomic E-state index is 5.11. The first-order valence-corrected chi connectivity index (χ1v) is 3.79. The van der Waals surface area contributed by atoms with Gasteiger partial charge >= 0.3 is 0 Å². The molecule has 0 radical (unpaired) electrons. The van der Waals surface area contributed by atoms with Gasteiger partial charge in [0.1, 0.15) is 7.85 Å². The lowest BCUT2D eigenvalue weighted by molar-refractivity contribution is 0.403. The van der Waals surface area contributed by atoms with Gasteiger partial charge in [-0.2, -0.15) is 0 Å². The van der Waals surface area contributed by atoms with Crippen LogP contribution in [-0.2, 0) is 0 Å². The quantitative estimate of drug-likeness (QED) is 0.588. The van der Waals surface area contributed by atoms with E-state index in [4.69, 9.17) is 4.74 Å². The number of H-pyrrole nitrogens is 1. The average Bonchev–Trinajstić information content (AvgIpc) is 2.54. The largest absolute Gasteiger partial charge is 0.481 e. The third-order valence-electron chi connectivity index (χ3n) is 1.94. The van der Waals surface area contributed by atoms with E-state index in [1.165, 1.54) is 0 Å². The van der Waals surface area contributed by atoms with Crippen LogP contribution in [0.25, 0.3) is 10.9 Å².